The first kappa shape index (κ1) is 8.82. The minimum atomic E-state index is 0.404. The van der Waals surface area contributed by atoms with Crippen molar-refractivity contribution in [2.45, 2.75) is 26.3 Å². The lowest BCUT2D eigenvalue weighted by Gasteiger charge is -2.07. The maximum absolute atomic E-state index is 5.96. The number of hydrogen-bond acceptors (Lipinski definition) is 2. The van der Waals surface area contributed by atoms with E-state index in [1.807, 2.05) is 12.1 Å². The van der Waals surface area contributed by atoms with E-state index in [1.165, 1.54) is 6.42 Å². The molecule has 1 atom stereocenters. The van der Waals surface area contributed by atoms with Gasteiger partial charge in [-0.15, -0.1) is 0 Å². The Labute approximate surface area is 83.3 Å². The highest BCUT2D eigenvalue weighted by molar-refractivity contribution is 6.32. The maximum Gasteiger partial charge on any atom is 0.144 e. The average Bonchev–Trinajstić information content (AvgIpc) is 2.64. The summed E-state index contributed by atoms with van der Waals surface area (Å²) in [5.41, 5.74) is 0.404. The van der Waals surface area contributed by atoms with Crippen molar-refractivity contribution in [2.24, 2.45) is 5.41 Å². The monoisotopic (exact) mass is 196 g/mol. The van der Waals surface area contributed by atoms with Crippen LogP contribution in [0.3, 0.4) is 0 Å². The van der Waals surface area contributed by atoms with Gasteiger partial charge < -0.3 is 5.32 Å². The summed E-state index contributed by atoms with van der Waals surface area (Å²) in [6.07, 6.45) is 2.95. The van der Waals surface area contributed by atoms with E-state index in [2.05, 4.69) is 24.1 Å². The molecule has 0 radical (unpaired) electrons. The molecule has 1 aromatic heterocycles. The highest BCUT2D eigenvalue weighted by Crippen LogP contribution is 2.46. The van der Waals surface area contributed by atoms with Crippen LogP contribution in [0.15, 0.2) is 18.3 Å². The van der Waals surface area contributed by atoms with Gasteiger partial charge in [0.25, 0.3) is 0 Å². The predicted octanol–water partition coefficient (Wildman–Crippen LogP) is 2.95. The van der Waals surface area contributed by atoms with Crippen LogP contribution in [0.5, 0.6) is 0 Å². The normalized spacial score (nSPS) is 24.1. The van der Waals surface area contributed by atoms with Crippen molar-refractivity contribution in [3.05, 3.63) is 23.4 Å². The average molecular weight is 197 g/mol. The van der Waals surface area contributed by atoms with E-state index in [0.717, 1.165) is 5.82 Å². The number of nitrogens with zero attached hydrogens (tertiary/aromatic N) is 1. The van der Waals surface area contributed by atoms with Gasteiger partial charge in [0.1, 0.15) is 5.82 Å². The van der Waals surface area contributed by atoms with Gasteiger partial charge in [-0.3, -0.25) is 0 Å². The quantitative estimate of drug-likeness (QED) is 0.787. The molecule has 1 aliphatic carbocycles. The molecule has 13 heavy (non-hydrogen) atoms. The second-order valence-electron chi connectivity index (χ2n) is 4.22. The summed E-state index contributed by atoms with van der Waals surface area (Å²) >= 11 is 5.96. The summed E-state index contributed by atoms with van der Waals surface area (Å²) in [6.45, 7) is 4.48. The Balaban J connectivity index is 2.07. The fourth-order valence-electron chi connectivity index (χ4n) is 1.37. The van der Waals surface area contributed by atoms with Crippen molar-refractivity contribution in [1.82, 2.24) is 4.98 Å². The third-order valence-electron chi connectivity index (χ3n) is 2.58. The Hall–Kier alpha value is -0.760. The number of aromatic nitrogens is 1. The number of anilines is 1. The van der Waals surface area contributed by atoms with Crippen LogP contribution >= 0.6 is 11.6 Å². The lowest BCUT2D eigenvalue weighted by molar-refractivity contribution is 0.630. The number of hydrogen-bond donors (Lipinski definition) is 1. The van der Waals surface area contributed by atoms with E-state index in [-0.39, 0.29) is 0 Å². The summed E-state index contributed by atoms with van der Waals surface area (Å²) in [5.74, 6) is 0.805. The molecule has 0 aromatic carbocycles. The Morgan fingerprint density at radius 2 is 2.31 bits per heavy atom. The minimum absolute atomic E-state index is 0.404. The van der Waals surface area contributed by atoms with Crippen LogP contribution < -0.4 is 5.32 Å². The molecule has 1 saturated carbocycles. The molecular weight excluding hydrogens is 184 g/mol. The van der Waals surface area contributed by atoms with Crippen molar-refractivity contribution in [1.29, 1.82) is 0 Å². The summed E-state index contributed by atoms with van der Waals surface area (Å²) in [6, 6.07) is 4.22. The van der Waals surface area contributed by atoms with Gasteiger partial charge in [0.15, 0.2) is 0 Å². The number of rotatable bonds is 2. The van der Waals surface area contributed by atoms with Crippen molar-refractivity contribution in [3.63, 3.8) is 0 Å². The molecule has 0 aliphatic heterocycles. The molecule has 1 aromatic rings. The Morgan fingerprint density at radius 3 is 2.85 bits per heavy atom. The van der Waals surface area contributed by atoms with Crippen molar-refractivity contribution >= 4 is 17.4 Å². The second kappa shape index (κ2) is 2.88. The fourth-order valence-corrected chi connectivity index (χ4v) is 1.55. The fraction of sp³-hybridized carbons (Fsp3) is 0.500. The van der Waals surface area contributed by atoms with Crippen molar-refractivity contribution in [2.75, 3.05) is 5.32 Å². The summed E-state index contributed by atoms with van der Waals surface area (Å²) in [7, 11) is 0. The molecule has 0 spiro atoms. The van der Waals surface area contributed by atoms with Crippen LogP contribution in [-0.4, -0.2) is 11.0 Å². The molecule has 1 N–H and O–H groups in total. The molecule has 70 valence electrons. The molecular formula is C10H13ClN2. The summed E-state index contributed by atoms with van der Waals surface area (Å²) in [4.78, 5) is 4.18. The maximum atomic E-state index is 5.96. The summed E-state index contributed by atoms with van der Waals surface area (Å²) in [5, 5.41) is 4.03. The first-order chi connectivity index (χ1) is 6.09. The molecule has 1 unspecified atom stereocenters. The molecule has 1 aliphatic rings. The van der Waals surface area contributed by atoms with Crippen LogP contribution in [0.25, 0.3) is 0 Å². The standard InChI is InChI=1S/C10H13ClN2/c1-10(2)6-8(10)13-9-7(11)4-3-5-12-9/h3-5,8H,6H2,1-2H3,(H,12,13). The number of pyridine rings is 1. The molecule has 2 rings (SSSR count). The predicted molar refractivity (Wildman–Crippen MR) is 55.1 cm³/mol. The number of halogens is 1. The Bertz CT molecular complexity index is 322. The molecule has 3 heteroatoms. The topological polar surface area (TPSA) is 24.9 Å². The van der Waals surface area contributed by atoms with Gasteiger partial charge in [0.2, 0.25) is 0 Å². The largest absolute Gasteiger partial charge is 0.366 e. The van der Waals surface area contributed by atoms with Crippen LogP contribution in [0.4, 0.5) is 5.82 Å². The molecule has 1 heterocycles. The van der Waals surface area contributed by atoms with Crippen LogP contribution in [0.1, 0.15) is 20.3 Å². The van der Waals surface area contributed by atoms with E-state index in [0.29, 0.717) is 16.5 Å². The van der Waals surface area contributed by atoms with Crippen LogP contribution in [0.2, 0.25) is 5.02 Å². The van der Waals surface area contributed by atoms with Gasteiger partial charge in [-0.1, -0.05) is 25.4 Å². The first-order valence-electron chi connectivity index (χ1n) is 4.47. The van der Waals surface area contributed by atoms with E-state index >= 15 is 0 Å². The van der Waals surface area contributed by atoms with Gasteiger partial charge in [-0.05, 0) is 24.0 Å². The minimum Gasteiger partial charge on any atom is -0.366 e. The van der Waals surface area contributed by atoms with Gasteiger partial charge in [-0.2, -0.15) is 0 Å². The van der Waals surface area contributed by atoms with Gasteiger partial charge in [0, 0.05) is 12.2 Å². The highest BCUT2D eigenvalue weighted by Gasteiger charge is 2.45. The zero-order valence-corrected chi connectivity index (χ0v) is 8.60. The lowest BCUT2D eigenvalue weighted by Crippen LogP contribution is -2.09. The van der Waals surface area contributed by atoms with E-state index < -0.39 is 0 Å². The van der Waals surface area contributed by atoms with E-state index in [4.69, 9.17) is 11.6 Å². The van der Waals surface area contributed by atoms with Crippen molar-refractivity contribution in [3.8, 4) is 0 Å². The van der Waals surface area contributed by atoms with Crippen LogP contribution in [0, 0.1) is 5.41 Å². The lowest BCUT2D eigenvalue weighted by atomic mass is 10.2. The molecule has 1 fully saturated rings. The molecule has 0 bridgehead atoms. The van der Waals surface area contributed by atoms with Crippen molar-refractivity contribution < 1.29 is 0 Å². The third-order valence-corrected chi connectivity index (χ3v) is 2.89. The Kier molecular flexibility index (Phi) is 1.95. The zero-order valence-electron chi connectivity index (χ0n) is 7.84. The molecule has 0 amide bonds. The Morgan fingerprint density at radius 1 is 1.62 bits per heavy atom. The third kappa shape index (κ3) is 1.78. The summed E-state index contributed by atoms with van der Waals surface area (Å²) < 4.78 is 0. The van der Waals surface area contributed by atoms with Gasteiger partial charge >= 0.3 is 0 Å². The van der Waals surface area contributed by atoms with Crippen LogP contribution in [-0.2, 0) is 0 Å². The number of nitrogens with one attached hydrogen (secondary N) is 1. The highest BCUT2D eigenvalue weighted by atomic mass is 35.5. The first-order valence-corrected chi connectivity index (χ1v) is 4.84. The zero-order chi connectivity index (χ0) is 9.47. The SMILES string of the molecule is CC1(C)CC1Nc1ncccc1Cl. The van der Waals surface area contributed by atoms with E-state index in [1.54, 1.807) is 6.20 Å². The van der Waals surface area contributed by atoms with E-state index in [9.17, 15) is 0 Å². The molecule has 0 saturated heterocycles. The second-order valence-corrected chi connectivity index (χ2v) is 4.63. The van der Waals surface area contributed by atoms with Gasteiger partial charge in [0.05, 0.1) is 5.02 Å². The molecule has 2 nitrogen and oxygen atoms in total. The van der Waals surface area contributed by atoms with Gasteiger partial charge in [-0.25, -0.2) is 4.98 Å². The smallest absolute Gasteiger partial charge is 0.144 e.